The first-order chi connectivity index (χ1) is 9.31. The maximum absolute atomic E-state index is 12.3. The van der Waals surface area contributed by atoms with E-state index in [0.29, 0.717) is 5.75 Å². The Morgan fingerprint density at radius 1 is 1.40 bits per heavy atom. The van der Waals surface area contributed by atoms with E-state index < -0.39 is 10.0 Å². The normalized spacial score (nSPS) is 13.4. The van der Waals surface area contributed by atoms with Crippen molar-refractivity contribution in [3.05, 3.63) is 23.8 Å². The standard InChI is InChI=1S/C14H22N2O3S/c1-6-11(2)12-7-8-13(19-5)14(9-12)20(17,18)15-10-16(3)4/h7-11H,6H2,1-5H3. The Morgan fingerprint density at radius 3 is 2.55 bits per heavy atom. The molecule has 1 rings (SSSR count). The smallest absolute Gasteiger partial charge is 0.287 e. The number of ether oxygens (including phenoxy) is 1. The van der Waals surface area contributed by atoms with Gasteiger partial charge in [0.05, 0.1) is 7.11 Å². The fourth-order valence-electron chi connectivity index (χ4n) is 1.65. The SMILES string of the molecule is CCC(C)c1ccc(OC)c(S(=O)(=O)N=CN(C)C)c1. The van der Waals surface area contributed by atoms with Gasteiger partial charge in [-0.15, -0.1) is 4.40 Å². The van der Waals surface area contributed by atoms with Gasteiger partial charge in [0.15, 0.2) is 0 Å². The van der Waals surface area contributed by atoms with E-state index in [9.17, 15) is 8.42 Å². The third-order valence-corrected chi connectivity index (χ3v) is 4.31. The molecule has 112 valence electrons. The van der Waals surface area contributed by atoms with Crippen LogP contribution in [0.15, 0.2) is 27.5 Å². The summed E-state index contributed by atoms with van der Waals surface area (Å²) in [7, 11) is 1.12. The Bertz CT molecular complexity index is 580. The van der Waals surface area contributed by atoms with Crippen molar-refractivity contribution in [1.82, 2.24) is 4.90 Å². The Kier molecular flexibility index (Phi) is 5.56. The third-order valence-electron chi connectivity index (χ3n) is 3.06. The van der Waals surface area contributed by atoms with Crippen LogP contribution in [0.1, 0.15) is 31.7 Å². The number of benzene rings is 1. The Morgan fingerprint density at radius 2 is 2.05 bits per heavy atom. The van der Waals surface area contributed by atoms with Crippen molar-refractivity contribution >= 4 is 16.4 Å². The molecule has 0 radical (unpaired) electrons. The van der Waals surface area contributed by atoms with Gasteiger partial charge in [-0.2, -0.15) is 8.42 Å². The molecule has 0 aromatic heterocycles. The van der Waals surface area contributed by atoms with E-state index in [4.69, 9.17) is 4.74 Å². The second kappa shape index (κ2) is 6.74. The molecule has 0 heterocycles. The van der Waals surface area contributed by atoms with E-state index in [1.54, 1.807) is 31.1 Å². The fraction of sp³-hybridized carbons (Fsp3) is 0.500. The van der Waals surface area contributed by atoms with E-state index in [1.165, 1.54) is 13.4 Å². The second-order valence-electron chi connectivity index (χ2n) is 4.88. The van der Waals surface area contributed by atoms with E-state index in [1.807, 2.05) is 6.07 Å². The van der Waals surface area contributed by atoms with E-state index in [2.05, 4.69) is 18.2 Å². The largest absolute Gasteiger partial charge is 0.495 e. The predicted molar refractivity (Wildman–Crippen MR) is 81.1 cm³/mol. The van der Waals surface area contributed by atoms with Crippen LogP contribution in [-0.2, 0) is 10.0 Å². The Labute approximate surface area is 121 Å². The first-order valence-corrected chi connectivity index (χ1v) is 7.90. The van der Waals surface area contributed by atoms with Gasteiger partial charge in [-0.1, -0.05) is 19.9 Å². The minimum absolute atomic E-state index is 0.107. The van der Waals surface area contributed by atoms with Gasteiger partial charge in [0, 0.05) is 14.1 Å². The van der Waals surface area contributed by atoms with Gasteiger partial charge in [-0.3, -0.25) is 0 Å². The topological polar surface area (TPSA) is 59.0 Å². The second-order valence-corrected chi connectivity index (χ2v) is 6.48. The monoisotopic (exact) mass is 298 g/mol. The van der Waals surface area contributed by atoms with Crippen molar-refractivity contribution in [3.8, 4) is 5.75 Å². The van der Waals surface area contributed by atoms with Crippen molar-refractivity contribution in [2.24, 2.45) is 4.40 Å². The molecule has 5 nitrogen and oxygen atoms in total. The number of rotatable bonds is 6. The summed E-state index contributed by atoms with van der Waals surface area (Å²) in [6.45, 7) is 4.12. The molecule has 1 aromatic carbocycles. The summed E-state index contributed by atoms with van der Waals surface area (Å²) in [6, 6.07) is 5.22. The zero-order valence-corrected chi connectivity index (χ0v) is 13.4. The molecule has 0 aliphatic heterocycles. The Hall–Kier alpha value is -1.56. The maximum Gasteiger partial charge on any atom is 0.287 e. The summed E-state index contributed by atoms with van der Waals surface area (Å²) in [5.41, 5.74) is 0.965. The molecule has 0 aliphatic rings. The summed E-state index contributed by atoms with van der Waals surface area (Å²) < 4.78 is 33.3. The number of hydrogen-bond acceptors (Lipinski definition) is 3. The molecule has 0 aliphatic carbocycles. The molecular formula is C14H22N2O3S. The first-order valence-electron chi connectivity index (χ1n) is 6.46. The lowest BCUT2D eigenvalue weighted by molar-refractivity contribution is 0.402. The summed E-state index contributed by atoms with van der Waals surface area (Å²) in [5.74, 6) is 0.598. The summed E-state index contributed by atoms with van der Waals surface area (Å²) in [6.07, 6.45) is 2.21. The van der Waals surface area contributed by atoms with Gasteiger partial charge in [0.2, 0.25) is 0 Å². The van der Waals surface area contributed by atoms with Crippen LogP contribution in [-0.4, -0.2) is 40.9 Å². The van der Waals surface area contributed by atoms with Crippen LogP contribution >= 0.6 is 0 Å². The number of nitrogens with zero attached hydrogens (tertiary/aromatic N) is 2. The number of hydrogen-bond donors (Lipinski definition) is 0. The van der Waals surface area contributed by atoms with Gasteiger partial charge < -0.3 is 9.64 Å². The van der Waals surface area contributed by atoms with Crippen LogP contribution in [0.25, 0.3) is 0 Å². The van der Waals surface area contributed by atoms with Crippen molar-refractivity contribution in [2.75, 3.05) is 21.2 Å². The molecule has 1 aromatic rings. The molecule has 6 heteroatoms. The molecular weight excluding hydrogens is 276 g/mol. The summed E-state index contributed by atoms with van der Waals surface area (Å²) in [4.78, 5) is 1.68. The molecule has 0 N–H and O–H groups in total. The van der Waals surface area contributed by atoms with Crippen molar-refractivity contribution in [1.29, 1.82) is 0 Å². The van der Waals surface area contributed by atoms with Crippen LogP contribution < -0.4 is 4.74 Å². The minimum Gasteiger partial charge on any atom is -0.495 e. The molecule has 0 bridgehead atoms. The van der Waals surface area contributed by atoms with Crippen molar-refractivity contribution < 1.29 is 13.2 Å². The van der Waals surface area contributed by atoms with Gasteiger partial charge in [-0.25, -0.2) is 0 Å². The molecule has 1 atom stereocenters. The lowest BCUT2D eigenvalue weighted by atomic mass is 9.99. The summed E-state index contributed by atoms with van der Waals surface area (Å²) >= 11 is 0. The maximum atomic E-state index is 12.3. The quantitative estimate of drug-likeness (QED) is 0.598. The average Bonchev–Trinajstić information content (AvgIpc) is 2.43. The zero-order valence-electron chi connectivity index (χ0n) is 12.6. The highest BCUT2D eigenvalue weighted by Crippen LogP contribution is 2.30. The lowest BCUT2D eigenvalue weighted by Crippen LogP contribution is -2.11. The zero-order chi connectivity index (χ0) is 15.3. The van der Waals surface area contributed by atoms with Crippen molar-refractivity contribution in [3.63, 3.8) is 0 Å². The number of methoxy groups -OCH3 is 1. The van der Waals surface area contributed by atoms with Crippen LogP contribution in [0.2, 0.25) is 0 Å². The predicted octanol–water partition coefficient (Wildman–Crippen LogP) is 2.49. The highest BCUT2D eigenvalue weighted by Gasteiger charge is 2.20. The van der Waals surface area contributed by atoms with Crippen LogP contribution in [0.3, 0.4) is 0 Å². The molecule has 0 fully saturated rings. The summed E-state index contributed by atoms with van der Waals surface area (Å²) in [5, 5.41) is 0. The lowest BCUT2D eigenvalue weighted by Gasteiger charge is -2.13. The van der Waals surface area contributed by atoms with Gasteiger partial charge >= 0.3 is 0 Å². The van der Waals surface area contributed by atoms with E-state index >= 15 is 0 Å². The van der Waals surface area contributed by atoms with Gasteiger partial charge in [0.25, 0.3) is 10.0 Å². The Balaban J connectivity index is 3.33. The average molecular weight is 298 g/mol. The van der Waals surface area contributed by atoms with Crippen LogP contribution in [0.5, 0.6) is 5.75 Å². The molecule has 0 saturated heterocycles. The molecule has 1 unspecified atom stereocenters. The van der Waals surface area contributed by atoms with Crippen LogP contribution in [0.4, 0.5) is 0 Å². The van der Waals surface area contributed by atoms with Crippen LogP contribution in [0, 0.1) is 0 Å². The van der Waals surface area contributed by atoms with E-state index in [-0.39, 0.29) is 10.8 Å². The first kappa shape index (κ1) is 16.5. The number of sulfonamides is 1. The van der Waals surface area contributed by atoms with Gasteiger partial charge in [-0.05, 0) is 30.0 Å². The van der Waals surface area contributed by atoms with Crippen molar-refractivity contribution in [2.45, 2.75) is 31.1 Å². The highest BCUT2D eigenvalue weighted by atomic mass is 32.2. The third kappa shape index (κ3) is 3.96. The molecule has 0 amide bonds. The minimum atomic E-state index is -3.76. The van der Waals surface area contributed by atoms with E-state index in [0.717, 1.165) is 12.0 Å². The molecule has 0 spiro atoms. The molecule has 0 saturated carbocycles. The highest BCUT2D eigenvalue weighted by molar-refractivity contribution is 7.90. The van der Waals surface area contributed by atoms with Gasteiger partial charge in [0.1, 0.15) is 17.0 Å². The molecule has 20 heavy (non-hydrogen) atoms. The fourth-order valence-corrected chi connectivity index (χ4v) is 2.77.